The first-order valence-electron chi connectivity index (χ1n) is 7.71. The van der Waals surface area contributed by atoms with Gasteiger partial charge in [-0.25, -0.2) is 0 Å². The van der Waals surface area contributed by atoms with Gasteiger partial charge in [-0.2, -0.15) is 0 Å². The molecule has 0 unspecified atom stereocenters. The lowest BCUT2D eigenvalue weighted by molar-refractivity contribution is -0.127. The second kappa shape index (κ2) is 8.02. The Labute approximate surface area is 142 Å². The number of ether oxygens (including phenoxy) is 1. The van der Waals surface area contributed by atoms with Crippen LogP contribution in [-0.2, 0) is 11.2 Å². The molecule has 3 nitrogen and oxygen atoms in total. The van der Waals surface area contributed by atoms with E-state index in [9.17, 15) is 4.79 Å². The van der Waals surface area contributed by atoms with Crippen LogP contribution in [0.25, 0.3) is 0 Å². The zero-order valence-corrected chi connectivity index (χ0v) is 14.5. The monoisotopic (exact) mass is 331 g/mol. The molecule has 0 heterocycles. The summed E-state index contributed by atoms with van der Waals surface area (Å²) in [5.74, 6) is 0.612. The molecule has 0 fully saturated rings. The Kier molecular flexibility index (Phi) is 6.05. The maximum Gasteiger partial charge on any atom is 0.260 e. The summed E-state index contributed by atoms with van der Waals surface area (Å²) in [6.07, 6.45) is 0.237. The van der Waals surface area contributed by atoms with Gasteiger partial charge in [0, 0.05) is 11.6 Å². The third-order valence-electron chi connectivity index (χ3n) is 3.50. The van der Waals surface area contributed by atoms with E-state index in [2.05, 4.69) is 11.4 Å². The van der Waals surface area contributed by atoms with Crippen LogP contribution < -0.4 is 10.1 Å². The van der Waals surface area contributed by atoms with Crippen LogP contribution in [0.1, 0.15) is 23.6 Å². The number of aryl methyl sites for hydroxylation is 2. The molecule has 0 aliphatic carbocycles. The van der Waals surface area contributed by atoms with E-state index in [1.807, 2.05) is 50.2 Å². The largest absolute Gasteiger partial charge is 0.481 e. The molecule has 2 aromatic rings. The summed E-state index contributed by atoms with van der Waals surface area (Å²) in [7, 11) is 0. The highest BCUT2D eigenvalue weighted by Crippen LogP contribution is 2.17. The number of benzene rings is 2. The fraction of sp³-hybridized carbons (Fsp3) is 0.316. The standard InChI is InChI=1S/C19H22ClNO2/c1-13-10-14(2)12-18(11-13)23-15(3)19(22)21-9-8-16-4-6-17(20)7-5-16/h4-7,10-12,15H,8-9H2,1-3H3,(H,21,22)/t15-/m1/s1. The molecule has 1 amide bonds. The molecule has 4 heteroatoms. The average molecular weight is 332 g/mol. The zero-order valence-electron chi connectivity index (χ0n) is 13.7. The summed E-state index contributed by atoms with van der Waals surface area (Å²) in [6.45, 7) is 6.35. The van der Waals surface area contributed by atoms with E-state index < -0.39 is 6.10 Å². The normalized spacial score (nSPS) is 11.8. The Bertz CT molecular complexity index is 647. The van der Waals surface area contributed by atoms with Crippen LogP contribution >= 0.6 is 11.6 Å². The number of carbonyl (C=O) groups is 1. The van der Waals surface area contributed by atoms with Gasteiger partial charge in [0.15, 0.2) is 6.10 Å². The molecule has 0 bridgehead atoms. The quantitative estimate of drug-likeness (QED) is 0.866. The van der Waals surface area contributed by atoms with Crippen molar-refractivity contribution in [2.24, 2.45) is 0 Å². The smallest absolute Gasteiger partial charge is 0.260 e. The number of carbonyl (C=O) groups excluding carboxylic acids is 1. The summed E-state index contributed by atoms with van der Waals surface area (Å²) < 4.78 is 5.73. The van der Waals surface area contributed by atoms with Gasteiger partial charge in [-0.15, -0.1) is 0 Å². The Morgan fingerprint density at radius 2 is 1.74 bits per heavy atom. The molecular weight excluding hydrogens is 310 g/mol. The van der Waals surface area contributed by atoms with Crippen molar-refractivity contribution in [2.75, 3.05) is 6.54 Å². The van der Waals surface area contributed by atoms with E-state index in [0.717, 1.165) is 28.9 Å². The van der Waals surface area contributed by atoms with Gasteiger partial charge in [0.2, 0.25) is 0 Å². The Morgan fingerprint density at radius 1 is 1.13 bits per heavy atom. The maximum atomic E-state index is 12.1. The lowest BCUT2D eigenvalue weighted by Gasteiger charge is -2.15. The maximum absolute atomic E-state index is 12.1. The van der Waals surface area contributed by atoms with Crippen LogP contribution in [0.3, 0.4) is 0 Å². The second-order valence-corrected chi connectivity index (χ2v) is 6.19. The number of nitrogens with one attached hydrogen (secondary N) is 1. The molecule has 2 aromatic carbocycles. The Balaban J connectivity index is 1.81. The van der Waals surface area contributed by atoms with E-state index >= 15 is 0 Å². The zero-order chi connectivity index (χ0) is 16.8. The van der Waals surface area contributed by atoms with Crippen molar-refractivity contribution in [1.29, 1.82) is 0 Å². The molecule has 0 aromatic heterocycles. The van der Waals surface area contributed by atoms with E-state index in [1.165, 1.54) is 0 Å². The summed E-state index contributed by atoms with van der Waals surface area (Å²) in [5, 5.41) is 3.61. The van der Waals surface area contributed by atoms with Gasteiger partial charge >= 0.3 is 0 Å². The summed E-state index contributed by atoms with van der Waals surface area (Å²) in [6, 6.07) is 13.6. The van der Waals surface area contributed by atoms with Gasteiger partial charge in [0.25, 0.3) is 5.91 Å². The van der Waals surface area contributed by atoms with E-state index in [1.54, 1.807) is 6.92 Å². The van der Waals surface area contributed by atoms with Crippen molar-refractivity contribution in [1.82, 2.24) is 5.32 Å². The molecule has 23 heavy (non-hydrogen) atoms. The third kappa shape index (κ3) is 5.61. The van der Waals surface area contributed by atoms with Crippen LogP contribution in [0.4, 0.5) is 0 Å². The minimum absolute atomic E-state index is 0.113. The molecule has 0 aliphatic heterocycles. The number of hydrogen-bond acceptors (Lipinski definition) is 2. The number of halogens is 1. The van der Waals surface area contributed by atoms with Crippen molar-refractivity contribution in [3.05, 3.63) is 64.2 Å². The molecule has 122 valence electrons. The lowest BCUT2D eigenvalue weighted by Crippen LogP contribution is -2.37. The summed E-state index contributed by atoms with van der Waals surface area (Å²) in [5.41, 5.74) is 3.38. The Hall–Kier alpha value is -2.00. The average Bonchev–Trinajstić information content (AvgIpc) is 2.48. The molecule has 0 saturated carbocycles. The van der Waals surface area contributed by atoms with Crippen molar-refractivity contribution in [3.8, 4) is 5.75 Å². The highest BCUT2D eigenvalue weighted by Gasteiger charge is 2.14. The molecule has 0 radical (unpaired) electrons. The van der Waals surface area contributed by atoms with E-state index in [4.69, 9.17) is 16.3 Å². The number of rotatable bonds is 6. The van der Waals surface area contributed by atoms with Gasteiger partial charge in [-0.1, -0.05) is 29.8 Å². The first-order valence-corrected chi connectivity index (χ1v) is 8.09. The Morgan fingerprint density at radius 3 is 2.35 bits per heavy atom. The van der Waals surface area contributed by atoms with Crippen molar-refractivity contribution in [3.63, 3.8) is 0 Å². The summed E-state index contributed by atoms with van der Waals surface area (Å²) >= 11 is 5.85. The van der Waals surface area contributed by atoms with Crippen molar-refractivity contribution >= 4 is 17.5 Å². The van der Waals surface area contributed by atoms with Crippen LogP contribution in [0.5, 0.6) is 5.75 Å². The minimum Gasteiger partial charge on any atom is -0.481 e. The van der Waals surface area contributed by atoms with E-state index in [0.29, 0.717) is 11.6 Å². The lowest BCUT2D eigenvalue weighted by atomic mass is 10.1. The van der Waals surface area contributed by atoms with Gasteiger partial charge in [-0.05, 0) is 68.1 Å². The second-order valence-electron chi connectivity index (χ2n) is 5.75. The number of hydrogen-bond donors (Lipinski definition) is 1. The predicted molar refractivity (Wildman–Crippen MR) is 94.2 cm³/mol. The summed E-state index contributed by atoms with van der Waals surface area (Å²) in [4.78, 5) is 12.1. The van der Waals surface area contributed by atoms with Crippen molar-refractivity contribution in [2.45, 2.75) is 33.3 Å². The van der Waals surface area contributed by atoms with Crippen LogP contribution in [0, 0.1) is 13.8 Å². The van der Waals surface area contributed by atoms with Crippen LogP contribution in [0.15, 0.2) is 42.5 Å². The number of amides is 1. The predicted octanol–water partition coefficient (Wildman–Crippen LogP) is 4.08. The van der Waals surface area contributed by atoms with Gasteiger partial charge in [0.05, 0.1) is 0 Å². The molecule has 2 rings (SSSR count). The molecule has 1 atom stereocenters. The minimum atomic E-state index is -0.526. The molecule has 0 spiro atoms. The van der Waals surface area contributed by atoms with Crippen LogP contribution in [0.2, 0.25) is 5.02 Å². The molecule has 0 saturated heterocycles. The highest BCUT2D eigenvalue weighted by molar-refractivity contribution is 6.30. The van der Waals surface area contributed by atoms with Gasteiger partial charge in [0.1, 0.15) is 5.75 Å². The highest BCUT2D eigenvalue weighted by atomic mass is 35.5. The molecule has 1 N–H and O–H groups in total. The fourth-order valence-electron chi connectivity index (χ4n) is 2.38. The van der Waals surface area contributed by atoms with Gasteiger partial charge in [-0.3, -0.25) is 4.79 Å². The third-order valence-corrected chi connectivity index (χ3v) is 3.76. The van der Waals surface area contributed by atoms with E-state index in [-0.39, 0.29) is 5.91 Å². The van der Waals surface area contributed by atoms with Crippen molar-refractivity contribution < 1.29 is 9.53 Å². The van der Waals surface area contributed by atoms with Crippen LogP contribution in [-0.4, -0.2) is 18.6 Å². The molecule has 0 aliphatic rings. The first-order chi connectivity index (χ1) is 10.9. The molecular formula is C19H22ClNO2. The van der Waals surface area contributed by atoms with Gasteiger partial charge < -0.3 is 10.1 Å². The topological polar surface area (TPSA) is 38.3 Å². The SMILES string of the molecule is Cc1cc(C)cc(O[C@H](C)C(=O)NCCc2ccc(Cl)cc2)c1. The first kappa shape index (κ1) is 17.4. The fourth-order valence-corrected chi connectivity index (χ4v) is 2.51.